The van der Waals surface area contributed by atoms with Gasteiger partial charge in [-0.25, -0.2) is 0 Å². The van der Waals surface area contributed by atoms with Gasteiger partial charge in [-0.2, -0.15) is 0 Å². The molecule has 1 heterocycles. The quantitative estimate of drug-likeness (QED) is 0.543. The number of imide groups is 1. The lowest BCUT2D eigenvalue weighted by Crippen LogP contribution is -2.46. The van der Waals surface area contributed by atoms with Gasteiger partial charge in [0.15, 0.2) is 0 Å². The Balaban J connectivity index is 1.62. The van der Waals surface area contributed by atoms with Crippen LogP contribution in [0.1, 0.15) is 46.5 Å². The van der Waals surface area contributed by atoms with Crippen LogP contribution in [0.3, 0.4) is 0 Å². The highest BCUT2D eigenvalue weighted by atomic mass is 16.2. The molecule has 0 bridgehead atoms. The van der Waals surface area contributed by atoms with E-state index in [-0.39, 0.29) is 36.7 Å². The van der Waals surface area contributed by atoms with Crippen LogP contribution < -0.4 is 4.90 Å². The van der Waals surface area contributed by atoms with Gasteiger partial charge in [-0.1, -0.05) is 55.8 Å². The van der Waals surface area contributed by atoms with Crippen LogP contribution >= 0.6 is 0 Å². The molecule has 0 radical (unpaired) electrons. The lowest BCUT2D eigenvalue weighted by atomic mass is 9.94. The van der Waals surface area contributed by atoms with E-state index in [1.54, 1.807) is 17.0 Å². The maximum absolute atomic E-state index is 13.2. The number of hydrogen-bond donors (Lipinski definition) is 0. The Morgan fingerprint density at radius 1 is 0.903 bits per heavy atom. The molecule has 0 spiro atoms. The average Bonchev–Trinajstić information content (AvgIpc) is 2.74. The van der Waals surface area contributed by atoms with Crippen LogP contribution in [0.25, 0.3) is 10.8 Å². The van der Waals surface area contributed by atoms with Crippen LogP contribution in [0.4, 0.5) is 5.69 Å². The molecule has 0 atom stereocenters. The number of rotatable bonds is 6. The first-order valence-electron chi connectivity index (χ1n) is 10.6. The molecule has 4 rings (SSSR count). The largest absolute Gasteiger partial charge is 0.311 e. The molecule has 1 aliphatic rings. The van der Waals surface area contributed by atoms with E-state index < -0.39 is 0 Å². The van der Waals surface area contributed by atoms with Crippen LogP contribution in [0, 0.1) is 12.8 Å². The van der Waals surface area contributed by atoms with Gasteiger partial charge in [0.25, 0.3) is 11.8 Å². The second-order valence-corrected chi connectivity index (χ2v) is 8.45. The van der Waals surface area contributed by atoms with Gasteiger partial charge < -0.3 is 4.90 Å². The molecule has 0 saturated heterocycles. The summed E-state index contributed by atoms with van der Waals surface area (Å²) in [6, 6.07) is 18.7. The Morgan fingerprint density at radius 3 is 2.03 bits per heavy atom. The SMILES string of the molecule is Cc1ccc(N(CCN2C(=O)c3cccc4cccc(c34)C2=O)C(=O)CC(C)C)cc1. The van der Waals surface area contributed by atoms with Crippen LogP contribution in [-0.2, 0) is 4.79 Å². The standard InChI is InChI=1S/C26H26N2O3/c1-17(2)16-23(29)27(20-12-10-18(3)11-13-20)14-15-28-25(30)21-8-4-6-19-7-5-9-22(24(19)21)26(28)31/h4-13,17H,14-16H2,1-3H3. The third kappa shape index (κ3) is 3.96. The van der Waals surface area contributed by atoms with Crippen molar-refractivity contribution in [1.29, 1.82) is 0 Å². The van der Waals surface area contributed by atoms with E-state index >= 15 is 0 Å². The fraction of sp³-hybridized carbons (Fsp3) is 0.269. The van der Waals surface area contributed by atoms with Crippen LogP contribution in [0.5, 0.6) is 0 Å². The number of carbonyl (C=O) groups excluding carboxylic acids is 3. The molecule has 0 fully saturated rings. The molecule has 158 valence electrons. The van der Waals surface area contributed by atoms with E-state index in [9.17, 15) is 14.4 Å². The molecule has 31 heavy (non-hydrogen) atoms. The van der Waals surface area contributed by atoms with Gasteiger partial charge in [-0.3, -0.25) is 19.3 Å². The molecule has 3 aromatic rings. The summed E-state index contributed by atoms with van der Waals surface area (Å²) in [5.74, 6) is -0.426. The number of amides is 3. The number of aryl methyl sites for hydroxylation is 1. The highest BCUT2D eigenvalue weighted by Gasteiger charge is 2.33. The lowest BCUT2D eigenvalue weighted by molar-refractivity contribution is -0.119. The second-order valence-electron chi connectivity index (χ2n) is 8.45. The van der Waals surface area contributed by atoms with Crippen molar-refractivity contribution in [1.82, 2.24) is 4.90 Å². The smallest absolute Gasteiger partial charge is 0.261 e. The number of anilines is 1. The Morgan fingerprint density at radius 2 is 1.48 bits per heavy atom. The molecule has 3 aromatic carbocycles. The molecule has 0 saturated carbocycles. The van der Waals surface area contributed by atoms with E-state index in [1.807, 2.05) is 69.3 Å². The molecule has 5 nitrogen and oxygen atoms in total. The number of benzene rings is 3. The van der Waals surface area contributed by atoms with Gasteiger partial charge >= 0.3 is 0 Å². The van der Waals surface area contributed by atoms with E-state index in [0.29, 0.717) is 22.9 Å². The molecule has 0 aromatic heterocycles. The third-order valence-corrected chi connectivity index (χ3v) is 5.63. The predicted octanol–water partition coefficient (Wildman–Crippen LogP) is 4.82. The molecule has 0 unspecified atom stereocenters. The van der Waals surface area contributed by atoms with Crippen LogP contribution in [0.15, 0.2) is 60.7 Å². The van der Waals surface area contributed by atoms with Crippen LogP contribution in [0.2, 0.25) is 0 Å². The number of nitrogens with zero attached hydrogens (tertiary/aromatic N) is 2. The Kier molecular flexibility index (Phi) is 5.59. The Bertz CT molecular complexity index is 1110. The monoisotopic (exact) mass is 414 g/mol. The van der Waals surface area contributed by atoms with E-state index in [1.165, 1.54) is 4.90 Å². The predicted molar refractivity (Wildman–Crippen MR) is 122 cm³/mol. The van der Waals surface area contributed by atoms with Gasteiger partial charge in [0, 0.05) is 41.7 Å². The zero-order valence-electron chi connectivity index (χ0n) is 18.1. The molecule has 5 heteroatoms. The first-order chi connectivity index (χ1) is 14.9. The van der Waals surface area contributed by atoms with Crippen molar-refractivity contribution in [3.63, 3.8) is 0 Å². The fourth-order valence-corrected chi connectivity index (χ4v) is 4.07. The van der Waals surface area contributed by atoms with E-state index in [0.717, 1.165) is 16.6 Å². The molecular formula is C26H26N2O3. The van der Waals surface area contributed by atoms with Crippen molar-refractivity contribution in [3.05, 3.63) is 77.4 Å². The molecule has 3 amide bonds. The van der Waals surface area contributed by atoms with Gasteiger partial charge in [0.2, 0.25) is 5.91 Å². The van der Waals surface area contributed by atoms with Gasteiger partial charge in [0.1, 0.15) is 0 Å². The van der Waals surface area contributed by atoms with E-state index in [4.69, 9.17) is 0 Å². The summed E-state index contributed by atoms with van der Waals surface area (Å²) in [5, 5.41) is 1.59. The minimum absolute atomic E-state index is 0.0155. The number of carbonyl (C=O) groups is 3. The lowest BCUT2D eigenvalue weighted by Gasteiger charge is -2.30. The average molecular weight is 415 g/mol. The summed E-state index contributed by atoms with van der Waals surface area (Å²) < 4.78 is 0. The Labute approximate surface area is 182 Å². The minimum atomic E-state index is -0.311. The molecule has 0 aliphatic carbocycles. The van der Waals surface area contributed by atoms with Crippen molar-refractivity contribution in [2.24, 2.45) is 5.92 Å². The summed E-state index contributed by atoms with van der Waals surface area (Å²) in [4.78, 5) is 42.2. The van der Waals surface area contributed by atoms with E-state index in [2.05, 4.69) is 0 Å². The summed E-state index contributed by atoms with van der Waals surface area (Å²) in [6.07, 6.45) is 0.401. The first kappa shape index (κ1) is 20.8. The van der Waals surface area contributed by atoms with Gasteiger partial charge in [0.05, 0.1) is 0 Å². The number of hydrogen-bond acceptors (Lipinski definition) is 3. The van der Waals surface area contributed by atoms with Gasteiger partial charge in [-0.05, 0) is 42.5 Å². The van der Waals surface area contributed by atoms with Crippen molar-refractivity contribution in [2.45, 2.75) is 27.2 Å². The summed E-state index contributed by atoms with van der Waals surface area (Å²) in [6.45, 7) is 6.39. The maximum Gasteiger partial charge on any atom is 0.261 e. The summed E-state index contributed by atoms with van der Waals surface area (Å²) in [5.41, 5.74) is 2.94. The minimum Gasteiger partial charge on any atom is -0.311 e. The third-order valence-electron chi connectivity index (χ3n) is 5.63. The summed E-state index contributed by atoms with van der Waals surface area (Å²) in [7, 11) is 0. The zero-order valence-corrected chi connectivity index (χ0v) is 18.1. The summed E-state index contributed by atoms with van der Waals surface area (Å²) >= 11 is 0. The molecular weight excluding hydrogens is 388 g/mol. The molecule has 0 N–H and O–H groups in total. The van der Waals surface area contributed by atoms with Crippen molar-refractivity contribution in [2.75, 3.05) is 18.0 Å². The second kappa shape index (κ2) is 8.34. The normalized spacial score (nSPS) is 13.2. The van der Waals surface area contributed by atoms with Crippen LogP contribution in [-0.4, -0.2) is 35.7 Å². The van der Waals surface area contributed by atoms with Crippen molar-refractivity contribution >= 4 is 34.2 Å². The maximum atomic E-state index is 13.2. The van der Waals surface area contributed by atoms with Crippen molar-refractivity contribution in [3.8, 4) is 0 Å². The zero-order chi connectivity index (χ0) is 22.1. The Hall–Kier alpha value is -3.47. The highest BCUT2D eigenvalue weighted by Crippen LogP contribution is 2.30. The molecule has 1 aliphatic heterocycles. The fourth-order valence-electron chi connectivity index (χ4n) is 4.07. The topological polar surface area (TPSA) is 57.7 Å². The van der Waals surface area contributed by atoms with Gasteiger partial charge in [-0.15, -0.1) is 0 Å². The van der Waals surface area contributed by atoms with Crippen molar-refractivity contribution < 1.29 is 14.4 Å². The highest BCUT2D eigenvalue weighted by molar-refractivity contribution is 6.25. The first-order valence-corrected chi connectivity index (χ1v) is 10.6.